The van der Waals surface area contributed by atoms with Gasteiger partial charge in [0.1, 0.15) is 0 Å². The summed E-state index contributed by atoms with van der Waals surface area (Å²) in [6.07, 6.45) is 0. The lowest BCUT2D eigenvalue weighted by Crippen LogP contribution is -2.42. The summed E-state index contributed by atoms with van der Waals surface area (Å²) < 4.78 is 0. The number of rotatable bonds is 7. The van der Waals surface area contributed by atoms with Crippen LogP contribution in [0.25, 0.3) is 0 Å². The molecule has 0 amide bonds. The standard InChI is InChI=1S/C14H21N3O/c1-12(17(2)10-8-15)14(16-9-11-18)13-6-4-3-5-7-13/h3-7,12,14,16,18H,9-11H2,1-2H3/t12-,14-/m0/s1. The zero-order chi connectivity index (χ0) is 13.4. The molecule has 18 heavy (non-hydrogen) atoms. The normalized spacial score (nSPS) is 14.2. The molecule has 0 aliphatic rings. The van der Waals surface area contributed by atoms with Gasteiger partial charge in [0.15, 0.2) is 0 Å². The molecule has 0 saturated heterocycles. The fraction of sp³-hybridized carbons (Fsp3) is 0.500. The van der Waals surface area contributed by atoms with Gasteiger partial charge in [-0.2, -0.15) is 5.26 Å². The van der Waals surface area contributed by atoms with Gasteiger partial charge in [-0.15, -0.1) is 0 Å². The Hall–Kier alpha value is -1.41. The van der Waals surface area contributed by atoms with Crippen molar-refractivity contribution in [3.8, 4) is 6.07 Å². The second kappa shape index (κ2) is 7.83. The summed E-state index contributed by atoms with van der Waals surface area (Å²) in [6.45, 7) is 3.13. The third-order valence-electron chi connectivity index (χ3n) is 3.13. The lowest BCUT2D eigenvalue weighted by Gasteiger charge is -2.31. The lowest BCUT2D eigenvalue weighted by atomic mass is 9.99. The maximum atomic E-state index is 8.96. The molecule has 4 nitrogen and oxygen atoms in total. The van der Waals surface area contributed by atoms with Crippen molar-refractivity contribution in [1.82, 2.24) is 10.2 Å². The van der Waals surface area contributed by atoms with E-state index in [0.717, 1.165) is 0 Å². The summed E-state index contributed by atoms with van der Waals surface area (Å²) in [5, 5.41) is 21.0. The van der Waals surface area contributed by atoms with E-state index in [1.165, 1.54) is 5.56 Å². The Morgan fingerprint density at radius 2 is 2.06 bits per heavy atom. The Morgan fingerprint density at radius 1 is 1.39 bits per heavy atom. The van der Waals surface area contributed by atoms with E-state index in [-0.39, 0.29) is 18.7 Å². The number of hydrogen-bond donors (Lipinski definition) is 2. The number of nitrogens with one attached hydrogen (secondary N) is 1. The van der Waals surface area contributed by atoms with Crippen molar-refractivity contribution in [3.05, 3.63) is 35.9 Å². The molecule has 0 heterocycles. The largest absolute Gasteiger partial charge is 0.395 e. The molecule has 0 fully saturated rings. The minimum absolute atomic E-state index is 0.108. The molecule has 0 bridgehead atoms. The van der Waals surface area contributed by atoms with E-state index in [2.05, 4.69) is 30.4 Å². The Bertz CT molecular complexity index is 374. The number of hydrogen-bond acceptors (Lipinski definition) is 4. The molecule has 0 unspecified atom stereocenters. The van der Waals surface area contributed by atoms with Crippen LogP contribution in [0.4, 0.5) is 0 Å². The van der Waals surface area contributed by atoms with Crippen molar-refractivity contribution in [2.75, 3.05) is 26.7 Å². The molecule has 1 rings (SSSR count). The Balaban J connectivity index is 2.81. The summed E-state index contributed by atoms with van der Waals surface area (Å²) >= 11 is 0. The number of likely N-dealkylation sites (N-methyl/N-ethyl adjacent to an activating group) is 1. The van der Waals surface area contributed by atoms with Gasteiger partial charge in [0.05, 0.1) is 19.2 Å². The molecular weight excluding hydrogens is 226 g/mol. The third-order valence-corrected chi connectivity index (χ3v) is 3.13. The summed E-state index contributed by atoms with van der Waals surface area (Å²) in [5.41, 5.74) is 1.17. The highest BCUT2D eigenvalue weighted by atomic mass is 16.3. The molecule has 0 aromatic heterocycles. The summed E-state index contributed by atoms with van der Waals surface area (Å²) in [4.78, 5) is 2.00. The molecule has 1 aromatic rings. The number of aliphatic hydroxyl groups excluding tert-OH is 1. The van der Waals surface area contributed by atoms with Crippen LogP contribution < -0.4 is 5.32 Å². The maximum absolute atomic E-state index is 8.96. The van der Waals surface area contributed by atoms with Crippen molar-refractivity contribution in [2.24, 2.45) is 0 Å². The predicted molar refractivity (Wildman–Crippen MR) is 72.0 cm³/mol. The molecule has 0 spiro atoms. The third kappa shape index (κ3) is 4.11. The highest BCUT2D eigenvalue weighted by molar-refractivity contribution is 5.20. The Kier molecular flexibility index (Phi) is 6.37. The van der Waals surface area contributed by atoms with Gasteiger partial charge in [-0.25, -0.2) is 0 Å². The van der Waals surface area contributed by atoms with Crippen molar-refractivity contribution < 1.29 is 5.11 Å². The van der Waals surface area contributed by atoms with Crippen molar-refractivity contribution >= 4 is 0 Å². The van der Waals surface area contributed by atoms with E-state index in [1.807, 2.05) is 30.1 Å². The molecule has 1 aromatic carbocycles. The molecule has 98 valence electrons. The summed E-state index contributed by atoms with van der Waals surface area (Å²) in [6, 6.07) is 12.6. The number of nitrogens with zero attached hydrogens (tertiary/aromatic N) is 2. The van der Waals surface area contributed by atoms with Gasteiger partial charge in [0.25, 0.3) is 0 Å². The van der Waals surface area contributed by atoms with Crippen LogP contribution in [0.1, 0.15) is 18.5 Å². The van der Waals surface area contributed by atoms with E-state index in [1.54, 1.807) is 0 Å². The first-order valence-corrected chi connectivity index (χ1v) is 6.17. The van der Waals surface area contributed by atoms with E-state index in [0.29, 0.717) is 13.1 Å². The maximum Gasteiger partial charge on any atom is 0.0866 e. The molecule has 4 heteroatoms. The fourth-order valence-corrected chi connectivity index (χ4v) is 1.96. The quantitative estimate of drug-likeness (QED) is 0.710. The van der Waals surface area contributed by atoms with Crippen LogP contribution in [0.15, 0.2) is 30.3 Å². The van der Waals surface area contributed by atoms with Gasteiger partial charge in [-0.3, -0.25) is 4.90 Å². The van der Waals surface area contributed by atoms with Crippen LogP contribution in [-0.4, -0.2) is 42.8 Å². The Labute approximate surface area is 109 Å². The van der Waals surface area contributed by atoms with Crippen LogP contribution in [0, 0.1) is 11.3 Å². The lowest BCUT2D eigenvalue weighted by molar-refractivity contribution is 0.213. The van der Waals surface area contributed by atoms with Crippen LogP contribution in [0.2, 0.25) is 0 Å². The van der Waals surface area contributed by atoms with Crippen molar-refractivity contribution in [2.45, 2.75) is 19.0 Å². The van der Waals surface area contributed by atoms with E-state index in [9.17, 15) is 0 Å². The predicted octanol–water partition coefficient (Wildman–Crippen LogP) is 1.15. The minimum Gasteiger partial charge on any atom is -0.395 e. The molecule has 0 radical (unpaired) electrons. The molecular formula is C14H21N3O. The SMILES string of the molecule is C[C@@H]([C@H](NCCO)c1ccccc1)N(C)CC#N. The van der Waals surface area contributed by atoms with Gasteiger partial charge >= 0.3 is 0 Å². The highest BCUT2D eigenvalue weighted by Crippen LogP contribution is 2.19. The van der Waals surface area contributed by atoms with Gasteiger partial charge in [-0.05, 0) is 19.5 Å². The molecule has 2 N–H and O–H groups in total. The Morgan fingerprint density at radius 3 is 2.61 bits per heavy atom. The molecule has 2 atom stereocenters. The average Bonchev–Trinajstić information content (AvgIpc) is 2.40. The zero-order valence-corrected chi connectivity index (χ0v) is 11.0. The number of nitriles is 1. The second-order valence-electron chi connectivity index (χ2n) is 4.38. The fourth-order valence-electron chi connectivity index (χ4n) is 1.96. The number of benzene rings is 1. The average molecular weight is 247 g/mol. The molecule has 0 aliphatic heterocycles. The van der Waals surface area contributed by atoms with Gasteiger partial charge < -0.3 is 10.4 Å². The smallest absolute Gasteiger partial charge is 0.0866 e. The summed E-state index contributed by atoms with van der Waals surface area (Å²) in [5.74, 6) is 0. The molecule has 0 aliphatic carbocycles. The monoisotopic (exact) mass is 247 g/mol. The van der Waals surface area contributed by atoms with E-state index >= 15 is 0 Å². The zero-order valence-electron chi connectivity index (χ0n) is 11.0. The summed E-state index contributed by atoms with van der Waals surface area (Å²) in [7, 11) is 1.93. The van der Waals surface area contributed by atoms with Gasteiger partial charge in [-0.1, -0.05) is 30.3 Å². The van der Waals surface area contributed by atoms with Gasteiger partial charge in [0.2, 0.25) is 0 Å². The molecule has 0 saturated carbocycles. The van der Waals surface area contributed by atoms with Crippen molar-refractivity contribution in [1.29, 1.82) is 5.26 Å². The first-order valence-electron chi connectivity index (χ1n) is 6.17. The number of aliphatic hydroxyl groups is 1. The second-order valence-corrected chi connectivity index (χ2v) is 4.38. The van der Waals surface area contributed by atoms with Crippen LogP contribution in [0.3, 0.4) is 0 Å². The first-order chi connectivity index (χ1) is 8.70. The topological polar surface area (TPSA) is 59.3 Å². The first kappa shape index (κ1) is 14.7. The van der Waals surface area contributed by atoms with Crippen LogP contribution in [-0.2, 0) is 0 Å². The van der Waals surface area contributed by atoms with E-state index in [4.69, 9.17) is 10.4 Å². The van der Waals surface area contributed by atoms with Gasteiger partial charge in [0, 0.05) is 18.6 Å². The van der Waals surface area contributed by atoms with Crippen molar-refractivity contribution in [3.63, 3.8) is 0 Å². The van der Waals surface area contributed by atoms with E-state index < -0.39 is 0 Å². The van der Waals surface area contributed by atoms with Crippen LogP contribution >= 0.6 is 0 Å². The minimum atomic E-state index is 0.108. The van der Waals surface area contributed by atoms with Crippen LogP contribution in [0.5, 0.6) is 0 Å². The highest BCUT2D eigenvalue weighted by Gasteiger charge is 2.21.